The van der Waals surface area contributed by atoms with Gasteiger partial charge in [0.25, 0.3) is 0 Å². The zero-order valence-corrected chi connectivity index (χ0v) is 12.5. The summed E-state index contributed by atoms with van der Waals surface area (Å²) < 4.78 is 0. The van der Waals surface area contributed by atoms with Crippen LogP contribution in [-0.2, 0) is 12.8 Å². The lowest BCUT2D eigenvalue weighted by atomic mass is 10.1. The predicted octanol–water partition coefficient (Wildman–Crippen LogP) is 3.78. The first-order valence-corrected chi connectivity index (χ1v) is 7.37. The molecule has 0 aliphatic carbocycles. The van der Waals surface area contributed by atoms with E-state index in [9.17, 15) is 0 Å². The molecule has 2 N–H and O–H groups in total. The van der Waals surface area contributed by atoms with Crippen LogP contribution < -0.4 is 10.6 Å². The maximum Gasteiger partial charge on any atom is 0.170 e. The molecule has 0 saturated heterocycles. The summed E-state index contributed by atoms with van der Waals surface area (Å²) in [5, 5.41) is 7.20. The molecule has 3 heteroatoms. The van der Waals surface area contributed by atoms with Gasteiger partial charge in [0.15, 0.2) is 5.11 Å². The Kier molecular flexibility index (Phi) is 5.56. The molecule has 104 valence electrons. The fourth-order valence-corrected chi connectivity index (χ4v) is 2.29. The molecule has 0 unspecified atom stereocenters. The van der Waals surface area contributed by atoms with Crippen LogP contribution in [0.25, 0.3) is 0 Å². The molecule has 20 heavy (non-hydrogen) atoms. The Labute approximate surface area is 126 Å². The van der Waals surface area contributed by atoms with Crippen LogP contribution in [0.3, 0.4) is 0 Å². The lowest BCUT2D eigenvalue weighted by Crippen LogP contribution is -2.30. The summed E-state index contributed by atoms with van der Waals surface area (Å²) in [5.74, 6) is 0. The van der Waals surface area contributed by atoms with Gasteiger partial charge in [0.05, 0.1) is 0 Å². The number of thiocarbonyl (C=S) groups is 1. The predicted molar refractivity (Wildman–Crippen MR) is 90.2 cm³/mol. The molecule has 0 bridgehead atoms. The second-order valence-electron chi connectivity index (χ2n) is 4.63. The van der Waals surface area contributed by atoms with Gasteiger partial charge in [-0.25, -0.2) is 0 Å². The first-order valence-electron chi connectivity index (χ1n) is 6.96. The molecule has 0 fully saturated rings. The minimum Gasteiger partial charge on any atom is -0.362 e. The van der Waals surface area contributed by atoms with Gasteiger partial charge in [0.1, 0.15) is 0 Å². The van der Waals surface area contributed by atoms with Crippen molar-refractivity contribution in [2.24, 2.45) is 0 Å². The van der Waals surface area contributed by atoms with Crippen LogP contribution >= 0.6 is 12.2 Å². The van der Waals surface area contributed by atoms with Crippen molar-refractivity contribution in [1.29, 1.82) is 0 Å². The molecule has 2 aromatic rings. The number of aryl methyl sites for hydroxylation is 1. The highest BCUT2D eigenvalue weighted by atomic mass is 32.1. The second-order valence-corrected chi connectivity index (χ2v) is 5.04. The van der Waals surface area contributed by atoms with Gasteiger partial charge >= 0.3 is 0 Å². The Hall–Kier alpha value is -1.87. The Morgan fingerprint density at radius 1 is 1.00 bits per heavy atom. The molecule has 0 radical (unpaired) electrons. The quantitative estimate of drug-likeness (QED) is 0.817. The van der Waals surface area contributed by atoms with Crippen LogP contribution in [0.2, 0.25) is 0 Å². The topological polar surface area (TPSA) is 24.1 Å². The van der Waals surface area contributed by atoms with E-state index in [0.717, 1.165) is 25.1 Å². The maximum atomic E-state index is 5.34. The highest BCUT2D eigenvalue weighted by Crippen LogP contribution is 2.15. The zero-order chi connectivity index (χ0) is 14.2. The van der Waals surface area contributed by atoms with Gasteiger partial charge in [-0.2, -0.15) is 0 Å². The van der Waals surface area contributed by atoms with Crippen molar-refractivity contribution in [3.8, 4) is 0 Å². The Balaban J connectivity index is 1.81. The summed E-state index contributed by atoms with van der Waals surface area (Å²) >= 11 is 5.34. The van der Waals surface area contributed by atoms with Gasteiger partial charge in [-0.3, -0.25) is 0 Å². The average molecular weight is 284 g/mol. The monoisotopic (exact) mass is 284 g/mol. The third-order valence-electron chi connectivity index (χ3n) is 3.19. The van der Waals surface area contributed by atoms with E-state index in [4.69, 9.17) is 12.2 Å². The standard InChI is InChI=1S/C17H20N2S/c1-2-15-10-6-7-11-16(15)19-17(20)18-13-12-14-8-4-3-5-9-14/h3-11H,2,12-13H2,1H3,(H2,18,19,20). The third-order valence-corrected chi connectivity index (χ3v) is 3.43. The number of nitrogens with one attached hydrogen (secondary N) is 2. The fraction of sp³-hybridized carbons (Fsp3) is 0.235. The lowest BCUT2D eigenvalue weighted by molar-refractivity contribution is 0.873. The Morgan fingerprint density at radius 2 is 1.70 bits per heavy atom. The van der Waals surface area contributed by atoms with E-state index in [2.05, 4.69) is 60.0 Å². The number of hydrogen-bond acceptors (Lipinski definition) is 1. The summed E-state index contributed by atoms with van der Waals surface area (Å²) in [6.45, 7) is 2.98. The van der Waals surface area contributed by atoms with Crippen LogP contribution in [0.1, 0.15) is 18.1 Å². The molecule has 2 aromatic carbocycles. The van der Waals surface area contributed by atoms with Crippen LogP contribution in [0.15, 0.2) is 54.6 Å². The number of rotatable bonds is 5. The van der Waals surface area contributed by atoms with Crippen LogP contribution in [0.4, 0.5) is 5.69 Å². The van der Waals surface area contributed by atoms with Crippen molar-refractivity contribution in [1.82, 2.24) is 5.32 Å². The lowest BCUT2D eigenvalue weighted by Gasteiger charge is -2.13. The molecule has 0 aliphatic rings. The summed E-state index contributed by atoms with van der Waals surface area (Å²) in [7, 11) is 0. The number of hydrogen-bond donors (Lipinski definition) is 2. The molecular formula is C17H20N2S. The molecule has 2 rings (SSSR count). The molecule has 0 atom stereocenters. The van der Waals surface area contributed by atoms with Crippen LogP contribution in [-0.4, -0.2) is 11.7 Å². The average Bonchev–Trinajstić information content (AvgIpc) is 2.49. The molecule has 0 heterocycles. The molecule has 0 aromatic heterocycles. The fourth-order valence-electron chi connectivity index (χ4n) is 2.08. The maximum absolute atomic E-state index is 5.34. The number of anilines is 1. The minimum absolute atomic E-state index is 0.682. The Bertz CT molecular complexity index is 552. The van der Waals surface area contributed by atoms with E-state index in [0.29, 0.717) is 5.11 Å². The normalized spacial score (nSPS) is 10.1. The van der Waals surface area contributed by atoms with Gasteiger partial charge < -0.3 is 10.6 Å². The minimum atomic E-state index is 0.682. The van der Waals surface area contributed by atoms with E-state index in [-0.39, 0.29) is 0 Å². The molecule has 0 amide bonds. The van der Waals surface area contributed by atoms with E-state index in [1.165, 1.54) is 11.1 Å². The van der Waals surface area contributed by atoms with Gasteiger partial charge in [-0.05, 0) is 42.3 Å². The van der Waals surface area contributed by atoms with Crippen molar-refractivity contribution >= 4 is 23.0 Å². The van der Waals surface area contributed by atoms with Crippen molar-refractivity contribution in [3.63, 3.8) is 0 Å². The summed E-state index contributed by atoms with van der Waals surface area (Å²) in [4.78, 5) is 0. The molecule has 0 spiro atoms. The summed E-state index contributed by atoms with van der Waals surface area (Å²) in [6.07, 6.45) is 1.97. The largest absolute Gasteiger partial charge is 0.362 e. The van der Waals surface area contributed by atoms with Gasteiger partial charge in [0.2, 0.25) is 0 Å². The molecule has 0 saturated carbocycles. The number of benzene rings is 2. The van der Waals surface area contributed by atoms with Gasteiger partial charge in [0, 0.05) is 12.2 Å². The van der Waals surface area contributed by atoms with E-state index >= 15 is 0 Å². The highest BCUT2D eigenvalue weighted by Gasteiger charge is 2.01. The SMILES string of the molecule is CCc1ccccc1NC(=S)NCCc1ccccc1. The van der Waals surface area contributed by atoms with Crippen LogP contribution in [0.5, 0.6) is 0 Å². The van der Waals surface area contributed by atoms with Crippen molar-refractivity contribution in [2.75, 3.05) is 11.9 Å². The van der Waals surface area contributed by atoms with Crippen molar-refractivity contribution < 1.29 is 0 Å². The first kappa shape index (κ1) is 14.5. The van der Waals surface area contributed by atoms with Gasteiger partial charge in [-0.15, -0.1) is 0 Å². The highest BCUT2D eigenvalue weighted by molar-refractivity contribution is 7.80. The van der Waals surface area contributed by atoms with Crippen molar-refractivity contribution in [3.05, 3.63) is 65.7 Å². The smallest absolute Gasteiger partial charge is 0.170 e. The van der Waals surface area contributed by atoms with Crippen molar-refractivity contribution in [2.45, 2.75) is 19.8 Å². The second kappa shape index (κ2) is 7.65. The molecule has 2 nitrogen and oxygen atoms in total. The Morgan fingerprint density at radius 3 is 2.45 bits per heavy atom. The summed E-state index contributed by atoms with van der Waals surface area (Å²) in [6, 6.07) is 18.7. The zero-order valence-electron chi connectivity index (χ0n) is 11.7. The van der Waals surface area contributed by atoms with E-state index in [1.54, 1.807) is 0 Å². The first-order chi connectivity index (χ1) is 9.79. The third kappa shape index (κ3) is 4.35. The number of para-hydroxylation sites is 1. The molecular weight excluding hydrogens is 264 g/mol. The van der Waals surface area contributed by atoms with Gasteiger partial charge in [-0.1, -0.05) is 55.5 Å². The van der Waals surface area contributed by atoms with Crippen LogP contribution in [0, 0.1) is 0 Å². The molecule has 0 aliphatic heterocycles. The van der Waals surface area contributed by atoms with E-state index in [1.807, 2.05) is 12.1 Å². The summed E-state index contributed by atoms with van der Waals surface area (Å²) in [5.41, 5.74) is 3.68. The van der Waals surface area contributed by atoms with E-state index < -0.39 is 0 Å².